The Hall–Kier alpha value is -2.32. The number of amides is 1. The Morgan fingerprint density at radius 2 is 2.10 bits per heavy atom. The molecule has 2 aromatic rings. The minimum absolute atomic E-state index is 0.000257. The molecule has 1 aromatic carbocycles. The van der Waals surface area contributed by atoms with Crippen LogP contribution < -0.4 is 11.1 Å². The molecule has 0 aliphatic carbocycles. The number of oxazole rings is 1. The summed E-state index contributed by atoms with van der Waals surface area (Å²) < 4.78 is 31.7. The van der Waals surface area contributed by atoms with E-state index in [-0.39, 0.29) is 30.3 Å². The van der Waals surface area contributed by atoms with Crippen LogP contribution in [-0.2, 0) is 6.54 Å². The van der Waals surface area contributed by atoms with Crippen molar-refractivity contribution in [2.24, 2.45) is 5.73 Å². The highest BCUT2D eigenvalue weighted by Crippen LogP contribution is 2.13. The molecule has 0 radical (unpaired) electrons. The van der Waals surface area contributed by atoms with Crippen LogP contribution in [0, 0.1) is 11.6 Å². The van der Waals surface area contributed by atoms with E-state index in [9.17, 15) is 13.6 Å². The van der Waals surface area contributed by atoms with Gasteiger partial charge in [-0.1, -0.05) is 6.07 Å². The first kappa shape index (κ1) is 15.1. The second-order valence-electron chi connectivity index (χ2n) is 4.24. The molecule has 2 rings (SSSR count). The number of hydrogen-bond donors (Lipinski definition) is 3. The van der Waals surface area contributed by atoms with Crippen LogP contribution in [0.2, 0.25) is 0 Å². The maximum absolute atomic E-state index is 13.4. The first-order valence-corrected chi connectivity index (χ1v) is 6.06. The van der Waals surface area contributed by atoms with E-state index >= 15 is 0 Å². The Bertz CT molecular complexity index is 625. The SMILES string of the molecule is NC(CO)c1nc(C(=O)NCc2c(F)cccc2F)co1. The summed E-state index contributed by atoms with van der Waals surface area (Å²) in [6.45, 7) is -0.715. The Morgan fingerprint density at radius 3 is 2.71 bits per heavy atom. The van der Waals surface area contributed by atoms with E-state index < -0.39 is 23.6 Å². The van der Waals surface area contributed by atoms with Crippen molar-refractivity contribution in [3.8, 4) is 0 Å². The van der Waals surface area contributed by atoms with Gasteiger partial charge in [0.15, 0.2) is 5.69 Å². The van der Waals surface area contributed by atoms with Gasteiger partial charge in [-0.25, -0.2) is 13.8 Å². The van der Waals surface area contributed by atoms with Crippen molar-refractivity contribution in [1.82, 2.24) is 10.3 Å². The summed E-state index contributed by atoms with van der Waals surface area (Å²) in [4.78, 5) is 15.6. The fraction of sp³-hybridized carbons (Fsp3) is 0.231. The van der Waals surface area contributed by atoms with Gasteiger partial charge in [-0.05, 0) is 12.1 Å². The van der Waals surface area contributed by atoms with Crippen LogP contribution in [0.25, 0.3) is 0 Å². The minimum atomic E-state index is -0.837. The zero-order chi connectivity index (χ0) is 15.4. The van der Waals surface area contributed by atoms with Gasteiger partial charge in [-0.15, -0.1) is 0 Å². The number of aromatic nitrogens is 1. The third kappa shape index (κ3) is 3.41. The third-order valence-corrected chi connectivity index (χ3v) is 2.76. The molecule has 0 saturated heterocycles. The smallest absolute Gasteiger partial charge is 0.273 e. The minimum Gasteiger partial charge on any atom is -0.446 e. The van der Waals surface area contributed by atoms with Crippen LogP contribution in [0.5, 0.6) is 0 Å². The molecule has 1 atom stereocenters. The van der Waals surface area contributed by atoms with Crippen molar-refractivity contribution < 1.29 is 23.1 Å². The molecule has 0 bridgehead atoms. The monoisotopic (exact) mass is 297 g/mol. The Labute approximate surface area is 118 Å². The second kappa shape index (κ2) is 6.42. The molecule has 1 heterocycles. The highest BCUT2D eigenvalue weighted by atomic mass is 19.1. The number of nitrogens with two attached hydrogens (primary N) is 1. The lowest BCUT2D eigenvalue weighted by Crippen LogP contribution is -2.24. The highest BCUT2D eigenvalue weighted by molar-refractivity contribution is 5.91. The van der Waals surface area contributed by atoms with Crippen molar-refractivity contribution >= 4 is 5.91 Å². The predicted molar refractivity (Wildman–Crippen MR) is 68.0 cm³/mol. The number of rotatable bonds is 5. The summed E-state index contributed by atoms with van der Waals surface area (Å²) in [5, 5.41) is 11.2. The molecule has 0 saturated carbocycles. The number of nitrogens with one attached hydrogen (secondary N) is 1. The highest BCUT2D eigenvalue weighted by Gasteiger charge is 2.17. The normalized spacial score (nSPS) is 12.2. The summed E-state index contributed by atoms with van der Waals surface area (Å²) in [6, 6.07) is 2.59. The molecule has 4 N–H and O–H groups in total. The average molecular weight is 297 g/mol. The fourth-order valence-corrected chi connectivity index (χ4v) is 1.60. The molecule has 1 aromatic heterocycles. The van der Waals surface area contributed by atoms with Gasteiger partial charge in [0, 0.05) is 12.1 Å². The first-order valence-electron chi connectivity index (χ1n) is 6.06. The maximum atomic E-state index is 13.4. The molecule has 112 valence electrons. The maximum Gasteiger partial charge on any atom is 0.273 e. The third-order valence-electron chi connectivity index (χ3n) is 2.76. The van der Waals surface area contributed by atoms with Gasteiger partial charge in [-0.3, -0.25) is 4.79 Å². The molecular weight excluding hydrogens is 284 g/mol. The first-order chi connectivity index (χ1) is 10.0. The molecule has 0 spiro atoms. The molecule has 8 heteroatoms. The molecular formula is C13H13F2N3O3. The van der Waals surface area contributed by atoms with Crippen LogP contribution in [-0.4, -0.2) is 22.6 Å². The van der Waals surface area contributed by atoms with Gasteiger partial charge in [0.05, 0.1) is 6.61 Å². The Morgan fingerprint density at radius 1 is 1.43 bits per heavy atom. The summed E-state index contributed by atoms with van der Waals surface area (Å²) in [6.07, 6.45) is 1.05. The summed E-state index contributed by atoms with van der Waals surface area (Å²) >= 11 is 0. The molecule has 1 amide bonds. The number of aliphatic hydroxyl groups is 1. The zero-order valence-corrected chi connectivity index (χ0v) is 10.8. The lowest BCUT2D eigenvalue weighted by Gasteiger charge is -2.05. The molecule has 0 aliphatic rings. The number of nitrogens with zero attached hydrogens (tertiary/aromatic N) is 1. The van der Waals surface area contributed by atoms with Gasteiger partial charge in [0.1, 0.15) is 23.9 Å². The van der Waals surface area contributed by atoms with E-state index in [0.29, 0.717) is 0 Å². The number of hydrogen-bond acceptors (Lipinski definition) is 5. The molecule has 21 heavy (non-hydrogen) atoms. The van der Waals surface area contributed by atoms with Gasteiger partial charge >= 0.3 is 0 Å². The van der Waals surface area contributed by atoms with E-state index in [0.717, 1.165) is 18.4 Å². The number of carbonyl (C=O) groups excluding carboxylic acids is 1. The molecule has 6 nitrogen and oxygen atoms in total. The van der Waals surface area contributed by atoms with Crippen LogP contribution in [0.4, 0.5) is 8.78 Å². The van der Waals surface area contributed by atoms with Crippen molar-refractivity contribution in [2.45, 2.75) is 12.6 Å². The van der Waals surface area contributed by atoms with Gasteiger partial charge in [0.2, 0.25) is 5.89 Å². The standard InChI is InChI=1S/C13H13F2N3O3/c14-8-2-1-3-9(15)7(8)4-17-12(20)11-6-21-13(18-11)10(16)5-19/h1-3,6,10,19H,4-5,16H2,(H,17,20). The lowest BCUT2D eigenvalue weighted by molar-refractivity contribution is 0.0945. The summed E-state index contributed by atoms with van der Waals surface area (Å²) in [7, 11) is 0. The van der Waals surface area contributed by atoms with Crippen molar-refractivity contribution in [3.63, 3.8) is 0 Å². The number of carbonyl (C=O) groups is 1. The van der Waals surface area contributed by atoms with Crippen molar-refractivity contribution in [3.05, 3.63) is 53.2 Å². The Balaban J connectivity index is 2.03. The van der Waals surface area contributed by atoms with Crippen LogP contribution >= 0.6 is 0 Å². The molecule has 0 fully saturated rings. The zero-order valence-electron chi connectivity index (χ0n) is 10.8. The lowest BCUT2D eigenvalue weighted by atomic mass is 10.2. The van der Waals surface area contributed by atoms with E-state index in [1.165, 1.54) is 6.07 Å². The average Bonchev–Trinajstić information content (AvgIpc) is 2.95. The number of aliphatic hydroxyl groups excluding tert-OH is 1. The number of benzene rings is 1. The van der Waals surface area contributed by atoms with E-state index in [2.05, 4.69) is 10.3 Å². The van der Waals surface area contributed by atoms with E-state index in [4.69, 9.17) is 15.3 Å². The summed E-state index contributed by atoms with van der Waals surface area (Å²) in [5.74, 6) is -2.17. The number of halogens is 2. The van der Waals surface area contributed by atoms with E-state index in [1.807, 2.05) is 0 Å². The molecule has 0 aliphatic heterocycles. The van der Waals surface area contributed by atoms with Gasteiger partial charge in [-0.2, -0.15) is 0 Å². The quantitative estimate of drug-likeness (QED) is 0.760. The second-order valence-corrected chi connectivity index (χ2v) is 4.24. The van der Waals surface area contributed by atoms with Crippen LogP contribution in [0.15, 0.2) is 28.9 Å². The molecule has 1 unspecified atom stereocenters. The largest absolute Gasteiger partial charge is 0.446 e. The van der Waals surface area contributed by atoms with Crippen LogP contribution in [0.1, 0.15) is 28.0 Å². The fourth-order valence-electron chi connectivity index (χ4n) is 1.60. The Kier molecular flexibility index (Phi) is 4.61. The van der Waals surface area contributed by atoms with Crippen molar-refractivity contribution in [1.29, 1.82) is 0 Å². The van der Waals surface area contributed by atoms with Gasteiger partial charge in [0.25, 0.3) is 5.91 Å². The summed E-state index contributed by atoms with van der Waals surface area (Å²) in [5.41, 5.74) is 5.13. The topological polar surface area (TPSA) is 101 Å². The van der Waals surface area contributed by atoms with Crippen molar-refractivity contribution in [2.75, 3.05) is 6.61 Å². The van der Waals surface area contributed by atoms with E-state index in [1.54, 1.807) is 0 Å². The predicted octanol–water partition coefficient (Wildman–Crippen LogP) is 0.875. The van der Waals surface area contributed by atoms with Crippen LogP contribution in [0.3, 0.4) is 0 Å². The van der Waals surface area contributed by atoms with Gasteiger partial charge < -0.3 is 20.6 Å².